The van der Waals surface area contributed by atoms with E-state index in [1.54, 1.807) is 24.2 Å². The Morgan fingerprint density at radius 2 is 1.96 bits per heavy atom. The van der Waals surface area contributed by atoms with Gasteiger partial charge in [-0.2, -0.15) is 5.10 Å². The quantitative estimate of drug-likeness (QED) is 0.874. The molecular formula is C17H24N6O2. The Bertz CT molecular complexity index is 738. The molecule has 2 N–H and O–H groups in total. The molecule has 0 radical (unpaired) electrons. The van der Waals surface area contributed by atoms with Gasteiger partial charge in [0.2, 0.25) is 5.95 Å². The molecule has 2 aromatic heterocycles. The van der Waals surface area contributed by atoms with E-state index in [0.717, 1.165) is 18.7 Å². The first kappa shape index (κ1) is 17.3. The first-order valence-corrected chi connectivity index (χ1v) is 8.56. The van der Waals surface area contributed by atoms with E-state index in [1.165, 1.54) is 0 Å². The molecular weight excluding hydrogens is 320 g/mol. The summed E-state index contributed by atoms with van der Waals surface area (Å²) in [4.78, 5) is 23.0. The fourth-order valence-corrected chi connectivity index (χ4v) is 2.82. The van der Waals surface area contributed by atoms with Gasteiger partial charge in [0.1, 0.15) is 0 Å². The van der Waals surface area contributed by atoms with Crippen LogP contribution in [0.15, 0.2) is 18.5 Å². The standard InChI is InChI=1S/C17H24N6O2/c1-11(2)20-17-18-8-13(9-19-17)16(25)22-5-4-6-23-14(10-22)7-15(21-23)12(3)24/h7-9,11-12,24H,4-6,10H2,1-3H3,(H,18,19,20)/t12-/m0/s1. The van der Waals surface area contributed by atoms with Crippen LogP contribution in [0.4, 0.5) is 5.95 Å². The second-order valence-corrected chi connectivity index (χ2v) is 6.63. The molecule has 1 aliphatic rings. The van der Waals surface area contributed by atoms with Crippen molar-refractivity contribution in [1.29, 1.82) is 0 Å². The molecule has 1 atom stereocenters. The number of anilines is 1. The summed E-state index contributed by atoms with van der Waals surface area (Å²) < 4.78 is 1.88. The number of amides is 1. The lowest BCUT2D eigenvalue weighted by Gasteiger charge is -2.20. The number of aromatic nitrogens is 4. The zero-order chi connectivity index (χ0) is 18.0. The van der Waals surface area contributed by atoms with Gasteiger partial charge in [-0.3, -0.25) is 9.48 Å². The highest BCUT2D eigenvalue weighted by molar-refractivity contribution is 5.93. The number of nitrogens with zero attached hydrogens (tertiary/aromatic N) is 5. The Kier molecular flexibility index (Phi) is 4.98. The van der Waals surface area contributed by atoms with Crippen molar-refractivity contribution in [3.8, 4) is 0 Å². The summed E-state index contributed by atoms with van der Waals surface area (Å²) in [5.74, 6) is 0.423. The molecule has 0 saturated heterocycles. The molecule has 3 rings (SSSR count). The summed E-state index contributed by atoms with van der Waals surface area (Å²) in [6.45, 7) is 7.55. The normalized spacial score (nSPS) is 15.6. The van der Waals surface area contributed by atoms with E-state index in [9.17, 15) is 9.90 Å². The molecule has 1 amide bonds. The van der Waals surface area contributed by atoms with Crippen LogP contribution in [-0.4, -0.2) is 48.2 Å². The van der Waals surface area contributed by atoms with Gasteiger partial charge < -0.3 is 15.3 Å². The van der Waals surface area contributed by atoms with Gasteiger partial charge >= 0.3 is 0 Å². The SMILES string of the molecule is CC(C)Nc1ncc(C(=O)N2CCCn3nc([C@H](C)O)cc3C2)cn1. The third-order valence-corrected chi connectivity index (χ3v) is 4.06. The predicted octanol–water partition coefficient (Wildman–Crippen LogP) is 1.59. The van der Waals surface area contributed by atoms with Crippen molar-refractivity contribution >= 4 is 11.9 Å². The highest BCUT2D eigenvalue weighted by Crippen LogP contribution is 2.19. The highest BCUT2D eigenvalue weighted by Gasteiger charge is 2.23. The average Bonchev–Trinajstić information content (AvgIpc) is 2.87. The molecule has 0 aromatic carbocycles. The van der Waals surface area contributed by atoms with E-state index in [0.29, 0.717) is 30.3 Å². The average molecular weight is 344 g/mol. The van der Waals surface area contributed by atoms with Gasteiger partial charge in [-0.05, 0) is 33.3 Å². The fourth-order valence-electron chi connectivity index (χ4n) is 2.82. The number of aryl methyl sites for hydroxylation is 1. The maximum absolute atomic E-state index is 12.8. The van der Waals surface area contributed by atoms with Crippen LogP contribution in [0.25, 0.3) is 0 Å². The van der Waals surface area contributed by atoms with Crippen LogP contribution in [0.5, 0.6) is 0 Å². The number of rotatable bonds is 4. The molecule has 1 aliphatic heterocycles. The van der Waals surface area contributed by atoms with Gasteiger partial charge in [0.25, 0.3) is 5.91 Å². The monoisotopic (exact) mass is 344 g/mol. The summed E-state index contributed by atoms with van der Waals surface area (Å²) in [5, 5.41) is 17.2. The van der Waals surface area contributed by atoms with Gasteiger partial charge in [0.05, 0.1) is 29.6 Å². The molecule has 0 bridgehead atoms. The summed E-state index contributed by atoms with van der Waals surface area (Å²) in [6, 6.07) is 2.10. The predicted molar refractivity (Wildman–Crippen MR) is 93.0 cm³/mol. The van der Waals surface area contributed by atoms with Crippen LogP contribution < -0.4 is 5.32 Å². The third kappa shape index (κ3) is 3.96. The van der Waals surface area contributed by atoms with Gasteiger partial charge in [-0.25, -0.2) is 9.97 Å². The van der Waals surface area contributed by atoms with Crippen molar-refractivity contribution in [2.45, 2.75) is 52.4 Å². The lowest BCUT2D eigenvalue weighted by atomic mass is 10.2. The minimum atomic E-state index is -0.613. The van der Waals surface area contributed by atoms with E-state index in [-0.39, 0.29) is 11.9 Å². The first-order chi connectivity index (χ1) is 11.9. The van der Waals surface area contributed by atoms with Crippen molar-refractivity contribution in [3.05, 3.63) is 35.4 Å². The second kappa shape index (κ2) is 7.18. The number of hydrogen-bond acceptors (Lipinski definition) is 6. The number of aliphatic hydroxyl groups is 1. The fraction of sp³-hybridized carbons (Fsp3) is 0.529. The Morgan fingerprint density at radius 3 is 2.60 bits per heavy atom. The minimum Gasteiger partial charge on any atom is -0.387 e. The van der Waals surface area contributed by atoms with Gasteiger partial charge in [0, 0.05) is 31.5 Å². The van der Waals surface area contributed by atoms with E-state index >= 15 is 0 Å². The van der Waals surface area contributed by atoms with Crippen LogP contribution in [0.1, 0.15) is 55.0 Å². The maximum Gasteiger partial charge on any atom is 0.257 e. The smallest absolute Gasteiger partial charge is 0.257 e. The molecule has 0 fully saturated rings. The van der Waals surface area contributed by atoms with Crippen molar-refractivity contribution in [3.63, 3.8) is 0 Å². The van der Waals surface area contributed by atoms with Crippen LogP contribution in [0.3, 0.4) is 0 Å². The number of nitrogens with one attached hydrogen (secondary N) is 1. The molecule has 134 valence electrons. The molecule has 3 heterocycles. The zero-order valence-electron chi connectivity index (χ0n) is 14.8. The van der Waals surface area contributed by atoms with Crippen LogP contribution in [0, 0.1) is 0 Å². The number of carbonyl (C=O) groups is 1. The summed E-state index contributed by atoms with van der Waals surface area (Å²) in [6.07, 6.45) is 3.32. The van der Waals surface area contributed by atoms with Crippen molar-refractivity contribution in [2.75, 3.05) is 11.9 Å². The molecule has 8 nitrogen and oxygen atoms in total. The van der Waals surface area contributed by atoms with Crippen molar-refractivity contribution < 1.29 is 9.90 Å². The maximum atomic E-state index is 12.8. The molecule has 25 heavy (non-hydrogen) atoms. The Morgan fingerprint density at radius 1 is 1.24 bits per heavy atom. The lowest BCUT2D eigenvalue weighted by Crippen LogP contribution is -2.31. The highest BCUT2D eigenvalue weighted by atomic mass is 16.3. The largest absolute Gasteiger partial charge is 0.387 e. The van der Waals surface area contributed by atoms with E-state index in [1.807, 2.05) is 24.6 Å². The number of hydrogen-bond donors (Lipinski definition) is 2. The summed E-state index contributed by atoms with van der Waals surface area (Å²) >= 11 is 0. The number of carbonyl (C=O) groups excluding carboxylic acids is 1. The second-order valence-electron chi connectivity index (χ2n) is 6.63. The van der Waals surface area contributed by atoms with Gasteiger partial charge in [-0.1, -0.05) is 0 Å². The van der Waals surface area contributed by atoms with Gasteiger partial charge in [-0.15, -0.1) is 0 Å². The van der Waals surface area contributed by atoms with Gasteiger partial charge in [0.15, 0.2) is 0 Å². The summed E-state index contributed by atoms with van der Waals surface area (Å²) in [7, 11) is 0. The van der Waals surface area contributed by atoms with E-state index in [2.05, 4.69) is 20.4 Å². The van der Waals surface area contributed by atoms with Crippen molar-refractivity contribution in [2.24, 2.45) is 0 Å². The van der Waals surface area contributed by atoms with E-state index in [4.69, 9.17) is 0 Å². The Balaban J connectivity index is 1.75. The van der Waals surface area contributed by atoms with Crippen LogP contribution >= 0.6 is 0 Å². The van der Waals surface area contributed by atoms with Crippen LogP contribution in [-0.2, 0) is 13.1 Å². The molecule has 0 spiro atoms. The molecule has 0 saturated carbocycles. The van der Waals surface area contributed by atoms with Crippen LogP contribution in [0.2, 0.25) is 0 Å². The minimum absolute atomic E-state index is 0.0932. The third-order valence-electron chi connectivity index (χ3n) is 4.06. The molecule has 0 unspecified atom stereocenters. The zero-order valence-corrected chi connectivity index (χ0v) is 14.8. The molecule has 2 aromatic rings. The topological polar surface area (TPSA) is 96.2 Å². The van der Waals surface area contributed by atoms with Crippen molar-refractivity contribution in [1.82, 2.24) is 24.6 Å². The summed E-state index contributed by atoms with van der Waals surface area (Å²) in [5.41, 5.74) is 2.04. The first-order valence-electron chi connectivity index (χ1n) is 8.56. The van der Waals surface area contributed by atoms with E-state index < -0.39 is 6.10 Å². The molecule has 8 heteroatoms. The number of fused-ring (bicyclic) bond motifs is 1. The Hall–Kier alpha value is -2.48. The Labute approximate surface area is 146 Å². The number of aliphatic hydroxyl groups excluding tert-OH is 1. The lowest BCUT2D eigenvalue weighted by molar-refractivity contribution is 0.0745. The molecule has 0 aliphatic carbocycles.